The fraction of sp³-hybridized carbons (Fsp3) is 0.294. The molecule has 0 radical (unpaired) electrons. The Labute approximate surface area is 128 Å². The van der Waals surface area contributed by atoms with Gasteiger partial charge in [-0.1, -0.05) is 35.8 Å². The van der Waals surface area contributed by atoms with Crippen molar-refractivity contribution < 1.29 is 8.42 Å². The van der Waals surface area contributed by atoms with Gasteiger partial charge in [0.05, 0.1) is 11.4 Å². The second kappa shape index (κ2) is 7.82. The highest BCUT2D eigenvalue weighted by Gasteiger charge is 2.25. The summed E-state index contributed by atoms with van der Waals surface area (Å²) in [4.78, 5) is 0.254. The van der Waals surface area contributed by atoms with E-state index in [0.717, 1.165) is 5.56 Å². The molecule has 112 valence electrons. The first-order valence-electron chi connectivity index (χ1n) is 6.69. The first-order chi connectivity index (χ1) is 9.95. The molecule has 0 bridgehead atoms. The molecule has 1 atom stereocenters. The van der Waals surface area contributed by atoms with E-state index in [4.69, 9.17) is 6.42 Å². The molecule has 0 N–H and O–H groups in total. The van der Waals surface area contributed by atoms with Crippen LogP contribution in [-0.4, -0.2) is 25.8 Å². The number of sulfonamides is 1. The summed E-state index contributed by atoms with van der Waals surface area (Å²) in [5.74, 6) is 2.41. The van der Waals surface area contributed by atoms with E-state index in [1.165, 1.54) is 4.31 Å². The highest BCUT2D eigenvalue weighted by Crippen LogP contribution is 2.19. The fourth-order valence-electron chi connectivity index (χ4n) is 1.93. The molecule has 1 rings (SSSR count). The number of benzene rings is 1. The molecular weight excluding hydrogens is 282 g/mol. The lowest BCUT2D eigenvalue weighted by molar-refractivity contribution is 0.403. The second-order valence-corrected chi connectivity index (χ2v) is 6.77. The molecule has 0 aliphatic heterocycles. The minimum absolute atomic E-state index is 0.00364. The van der Waals surface area contributed by atoms with Crippen molar-refractivity contribution in [3.8, 4) is 12.3 Å². The predicted molar refractivity (Wildman–Crippen MR) is 87.3 cm³/mol. The third-order valence-corrected chi connectivity index (χ3v) is 4.99. The molecule has 0 unspecified atom stereocenters. The molecule has 0 fully saturated rings. The lowest BCUT2D eigenvalue weighted by Crippen LogP contribution is -2.35. The third-order valence-electron chi connectivity index (χ3n) is 3.17. The van der Waals surface area contributed by atoms with Crippen LogP contribution < -0.4 is 0 Å². The first kappa shape index (κ1) is 17.2. The van der Waals surface area contributed by atoms with Crippen LogP contribution >= 0.6 is 0 Å². The van der Waals surface area contributed by atoms with Crippen molar-refractivity contribution in [2.24, 2.45) is 5.92 Å². The van der Waals surface area contributed by atoms with Gasteiger partial charge in [0.25, 0.3) is 0 Å². The van der Waals surface area contributed by atoms with Crippen LogP contribution in [0.3, 0.4) is 0 Å². The largest absolute Gasteiger partial charge is 0.243 e. The van der Waals surface area contributed by atoms with Gasteiger partial charge in [-0.3, -0.25) is 0 Å². The summed E-state index contributed by atoms with van der Waals surface area (Å²) in [6.07, 6.45) is 9.46. The molecule has 1 aromatic rings. The number of allylic oxidation sites excluding steroid dienone is 1. The van der Waals surface area contributed by atoms with Gasteiger partial charge < -0.3 is 0 Å². The number of nitrogens with zero attached hydrogens (tertiary/aromatic N) is 1. The zero-order valence-corrected chi connectivity index (χ0v) is 13.1. The minimum atomic E-state index is -3.59. The van der Waals surface area contributed by atoms with Gasteiger partial charge in [0.2, 0.25) is 10.0 Å². The van der Waals surface area contributed by atoms with Crippen LogP contribution in [0, 0.1) is 25.2 Å². The van der Waals surface area contributed by atoms with E-state index in [-0.39, 0.29) is 17.4 Å². The minimum Gasteiger partial charge on any atom is -0.207 e. The maximum atomic E-state index is 12.7. The molecule has 21 heavy (non-hydrogen) atoms. The maximum absolute atomic E-state index is 12.7. The highest BCUT2D eigenvalue weighted by molar-refractivity contribution is 7.89. The van der Waals surface area contributed by atoms with Crippen LogP contribution in [0.1, 0.15) is 12.0 Å². The zero-order valence-electron chi connectivity index (χ0n) is 12.3. The molecular formula is C17H21NO2S. The van der Waals surface area contributed by atoms with Gasteiger partial charge in [-0.25, -0.2) is 8.42 Å². The Balaban J connectivity index is 3.08. The van der Waals surface area contributed by atoms with E-state index in [2.05, 4.69) is 19.1 Å². The Kier molecular flexibility index (Phi) is 6.41. The Morgan fingerprint density at radius 2 is 1.95 bits per heavy atom. The number of aryl methyl sites for hydroxylation is 1. The smallest absolute Gasteiger partial charge is 0.207 e. The Morgan fingerprint density at radius 1 is 1.33 bits per heavy atom. The van der Waals surface area contributed by atoms with Crippen molar-refractivity contribution in [2.75, 3.05) is 13.1 Å². The quantitative estimate of drug-likeness (QED) is 0.547. The Hall–Kier alpha value is -1.83. The van der Waals surface area contributed by atoms with E-state index in [1.54, 1.807) is 36.4 Å². The van der Waals surface area contributed by atoms with Crippen LogP contribution in [0.25, 0.3) is 0 Å². The summed E-state index contributed by atoms with van der Waals surface area (Å²) in [5.41, 5.74) is 1.01. The molecule has 4 heteroatoms. The van der Waals surface area contributed by atoms with E-state index < -0.39 is 10.0 Å². The SMILES string of the molecule is C#CCN(C[C@H](C=C)CC=C)S(=O)(=O)c1ccc(C)cc1. The van der Waals surface area contributed by atoms with Gasteiger partial charge >= 0.3 is 0 Å². The average molecular weight is 303 g/mol. The maximum Gasteiger partial charge on any atom is 0.243 e. The molecule has 1 aromatic carbocycles. The summed E-state index contributed by atoms with van der Waals surface area (Å²) in [7, 11) is -3.59. The van der Waals surface area contributed by atoms with E-state index in [9.17, 15) is 8.42 Å². The van der Waals surface area contributed by atoms with Gasteiger partial charge in [0.15, 0.2) is 0 Å². The highest BCUT2D eigenvalue weighted by atomic mass is 32.2. The van der Waals surface area contributed by atoms with Crippen molar-refractivity contribution >= 4 is 10.0 Å². The van der Waals surface area contributed by atoms with Gasteiger partial charge in [-0.15, -0.1) is 19.6 Å². The van der Waals surface area contributed by atoms with Crippen LogP contribution in [0.15, 0.2) is 54.5 Å². The van der Waals surface area contributed by atoms with Gasteiger partial charge in [-0.05, 0) is 31.4 Å². The molecule has 0 aliphatic rings. The van der Waals surface area contributed by atoms with Gasteiger partial charge in [-0.2, -0.15) is 4.31 Å². The molecule has 0 aromatic heterocycles. The third kappa shape index (κ3) is 4.59. The summed E-state index contributed by atoms with van der Waals surface area (Å²) in [6.45, 7) is 9.67. The zero-order chi connectivity index (χ0) is 15.9. The topological polar surface area (TPSA) is 37.4 Å². The van der Waals surface area contributed by atoms with Crippen LogP contribution in [0.4, 0.5) is 0 Å². The van der Waals surface area contributed by atoms with Crippen LogP contribution in [0.5, 0.6) is 0 Å². The van der Waals surface area contributed by atoms with Crippen molar-refractivity contribution in [3.63, 3.8) is 0 Å². The van der Waals surface area contributed by atoms with Gasteiger partial charge in [0, 0.05) is 6.54 Å². The lowest BCUT2D eigenvalue weighted by atomic mass is 10.1. The number of rotatable bonds is 8. The van der Waals surface area contributed by atoms with E-state index in [0.29, 0.717) is 13.0 Å². The summed E-state index contributed by atoms with van der Waals surface area (Å²) in [6, 6.07) is 6.75. The summed E-state index contributed by atoms with van der Waals surface area (Å²) in [5, 5.41) is 0. The number of hydrogen-bond donors (Lipinski definition) is 0. The van der Waals surface area contributed by atoms with E-state index >= 15 is 0 Å². The van der Waals surface area contributed by atoms with Crippen LogP contribution in [0.2, 0.25) is 0 Å². The van der Waals surface area contributed by atoms with Crippen LogP contribution in [-0.2, 0) is 10.0 Å². The van der Waals surface area contributed by atoms with Crippen molar-refractivity contribution in [2.45, 2.75) is 18.2 Å². The average Bonchev–Trinajstić information content (AvgIpc) is 2.46. The monoisotopic (exact) mass is 303 g/mol. The lowest BCUT2D eigenvalue weighted by Gasteiger charge is -2.23. The standard InChI is InChI=1S/C17H21NO2S/c1-5-8-16(7-3)14-18(13-6-2)21(19,20)17-11-9-15(4)10-12-17/h2,5,7,9-12,16H,1,3,8,13-14H2,4H3/t16-/m1/s1. The normalized spacial score (nSPS) is 12.6. The molecule has 3 nitrogen and oxygen atoms in total. The van der Waals surface area contributed by atoms with Crippen molar-refractivity contribution in [1.82, 2.24) is 4.31 Å². The van der Waals surface area contributed by atoms with Crippen molar-refractivity contribution in [3.05, 3.63) is 55.1 Å². The van der Waals surface area contributed by atoms with Gasteiger partial charge in [0.1, 0.15) is 0 Å². The van der Waals surface area contributed by atoms with E-state index in [1.807, 2.05) is 6.92 Å². The molecule has 0 saturated carbocycles. The molecule has 0 saturated heterocycles. The summed E-state index contributed by atoms with van der Waals surface area (Å²) >= 11 is 0. The Morgan fingerprint density at radius 3 is 2.43 bits per heavy atom. The molecule has 0 spiro atoms. The fourth-order valence-corrected chi connectivity index (χ4v) is 3.34. The molecule has 0 aliphatic carbocycles. The summed E-state index contributed by atoms with van der Waals surface area (Å²) < 4.78 is 26.6. The predicted octanol–water partition coefficient (Wildman–Crippen LogP) is 3.00. The Bertz CT molecular complexity index is 624. The molecule has 0 amide bonds. The second-order valence-electron chi connectivity index (χ2n) is 4.83. The molecule has 0 heterocycles. The number of hydrogen-bond acceptors (Lipinski definition) is 2. The van der Waals surface area contributed by atoms with Crippen molar-refractivity contribution in [1.29, 1.82) is 0 Å². The first-order valence-corrected chi connectivity index (χ1v) is 8.13. The number of terminal acetylenes is 1.